The fourth-order valence-electron chi connectivity index (χ4n) is 3.07. The Bertz CT molecular complexity index is 744. The molecule has 2 atom stereocenters. The molecular weight excluding hydrogens is 337 g/mol. The third-order valence-electron chi connectivity index (χ3n) is 4.31. The molecule has 1 saturated heterocycles. The molecule has 7 heteroatoms. The zero-order valence-corrected chi connectivity index (χ0v) is 14.4. The van der Waals surface area contributed by atoms with Crippen molar-refractivity contribution < 1.29 is 9.90 Å². The van der Waals surface area contributed by atoms with Gasteiger partial charge in [0.1, 0.15) is 5.82 Å². The van der Waals surface area contributed by atoms with Crippen LogP contribution in [0.5, 0.6) is 0 Å². The highest BCUT2D eigenvalue weighted by Crippen LogP contribution is 2.28. The minimum Gasteiger partial charge on any atom is -0.391 e. The number of aromatic nitrogens is 2. The molecule has 1 aliphatic heterocycles. The topological polar surface area (TPSA) is 67.2 Å². The molecule has 2 aromatic rings. The van der Waals surface area contributed by atoms with Crippen LogP contribution in [-0.2, 0) is 11.3 Å². The Kier molecular flexibility index (Phi) is 4.92. The summed E-state index contributed by atoms with van der Waals surface area (Å²) in [6.07, 6.45) is 1.53. The summed E-state index contributed by atoms with van der Waals surface area (Å²) in [6, 6.07) is 3.28. The van der Waals surface area contributed by atoms with E-state index in [-0.39, 0.29) is 18.4 Å². The third kappa shape index (κ3) is 3.53. The lowest BCUT2D eigenvalue weighted by atomic mass is 9.97. The van der Waals surface area contributed by atoms with Crippen LogP contribution in [0.2, 0.25) is 10.0 Å². The second-order valence-corrected chi connectivity index (χ2v) is 6.83. The number of rotatable bonds is 4. The van der Waals surface area contributed by atoms with Crippen LogP contribution >= 0.6 is 23.2 Å². The number of benzene rings is 1. The molecule has 2 N–H and O–H groups in total. The van der Waals surface area contributed by atoms with Gasteiger partial charge in [0.05, 0.1) is 33.7 Å². The second-order valence-electron chi connectivity index (χ2n) is 6.01. The molecule has 0 saturated carbocycles. The highest BCUT2D eigenvalue weighted by Gasteiger charge is 2.25. The van der Waals surface area contributed by atoms with E-state index in [4.69, 9.17) is 23.2 Å². The van der Waals surface area contributed by atoms with Crippen LogP contribution < -0.4 is 5.32 Å². The average molecular weight is 356 g/mol. The molecule has 1 aromatic heterocycles. The first-order valence-electron chi connectivity index (χ1n) is 7.70. The number of aryl methyl sites for hydroxylation is 1. The van der Waals surface area contributed by atoms with Crippen molar-refractivity contribution in [3.8, 4) is 0 Å². The largest absolute Gasteiger partial charge is 0.391 e. The maximum absolute atomic E-state index is 12.4. The van der Waals surface area contributed by atoms with Gasteiger partial charge in [0.15, 0.2) is 5.78 Å². The predicted molar refractivity (Wildman–Crippen MR) is 91.1 cm³/mol. The first-order chi connectivity index (χ1) is 11.0. The van der Waals surface area contributed by atoms with Crippen molar-refractivity contribution in [3.63, 3.8) is 0 Å². The zero-order valence-electron chi connectivity index (χ0n) is 12.9. The van der Waals surface area contributed by atoms with Crippen LogP contribution in [0.15, 0.2) is 12.1 Å². The van der Waals surface area contributed by atoms with Gasteiger partial charge in [-0.2, -0.15) is 0 Å². The Hall–Kier alpha value is -1.14. The van der Waals surface area contributed by atoms with Gasteiger partial charge in [-0.3, -0.25) is 4.79 Å². The second kappa shape index (κ2) is 6.77. The number of aliphatic hydroxyl groups excluding tert-OH is 1. The lowest BCUT2D eigenvalue weighted by Gasteiger charge is -2.28. The number of hydrogen-bond donors (Lipinski definition) is 2. The number of nitrogens with zero attached hydrogens (tertiary/aromatic N) is 2. The van der Waals surface area contributed by atoms with Crippen LogP contribution in [0.4, 0.5) is 0 Å². The Morgan fingerprint density at radius 1 is 1.43 bits per heavy atom. The van der Waals surface area contributed by atoms with E-state index >= 15 is 0 Å². The van der Waals surface area contributed by atoms with Crippen molar-refractivity contribution in [1.82, 2.24) is 14.9 Å². The van der Waals surface area contributed by atoms with Crippen LogP contribution in [0.25, 0.3) is 11.0 Å². The first kappa shape index (κ1) is 16.7. The number of nitrogens with one attached hydrogen (secondary N) is 1. The molecule has 1 aliphatic rings. The van der Waals surface area contributed by atoms with Gasteiger partial charge in [0.25, 0.3) is 0 Å². The number of halogens is 2. The van der Waals surface area contributed by atoms with E-state index in [0.717, 1.165) is 36.2 Å². The van der Waals surface area contributed by atoms with Gasteiger partial charge < -0.3 is 15.0 Å². The van der Waals surface area contributed by atoms with Gasteiger partial charge >= 0.3 is 0 Å². The van der Waals surface area contributed by atoms with E-state index in [0.29, 0.717) is 16.5 Å². The van der Waals surface area contributed by atoms with Crippen molar-refractivity contribution in [2.45, 2.75) is 44.9 Å². The van der Waals surface area contributed by atoms with Gasteiger partial charge in [-0.15, -0.1) is 0 Å². The Morgan fingerprint density at radius 2 is 2.17 bits per heavy atom. The van der Waals surface area contributed by atoms with E-state index in [9.17, 15) is 9.90 Å². The summed E-state index contributed by atoms with van der Waals surface area (Å²) in [6.45, 7) is 2.91. The van der Waals surface area contributed by atoms with Crippen molar-refractivity contribution in [1.29, 1.82) is 0 Å². The SMILES string of the molecule is Cc1nc2cc(Cl)c(Cl)cc2n1CC(=O)C[C@H]1NCCC[C@@H]1O. The molecule has 124 valence electrons. The van der Waals surface area contributed by atoms with Crippen LogP contribution in [0, 0.1) is 6.92 Å². The average Bonchev–Trinajstić information content (AvgIpc) is 2.78. The molecule has 1 aromatic carbocycles. The normalized spacial score (nSPS) is 21.7. The predicted octanol–water partition coefficient (Wildman–Crippen LogP) is 2.72. The number of Topliss-reactive ketones (excluding diaryl/α,β-unsaturated/α-hetero) is 1. The van der Waals surface area contributed by atoms with E-state index < -0.39 is 6.10 Å². The summed E-state index contributed by atoms with van der Waals surface area (Å²) >= 11 is 12.1. The summed E-state index contributed by atoms with van der Waals surface area (Å²) in [5.41, 5.74) is 1.52. The molecule has 23 heavy (non-hydrogen) atoms. The molecule has 0 radical (unpaired) electrons. The molecule has 0 bridgehead atoms. The van der Waals surface area contributed by atoms with Crippen LogP contribution in [0.1, 0.15) is 25.1 Å². The summed E-state index contributed by atoms with van der Waals surface area (Å²) in [5.74, 6) is 0.792. The fraction of sp³-hybridized carbons (Fsp3) is 0.500. The van der Waals surface area contributed by atoms with E-state index in [1.54, 1.807) is 12.1 Å². The van der Waals surface area contributed by atoms with E-state index in [1.807, 2.05) is 11.5 Å². The summed E-state index contributed by atoms with van der Waals surface area (Å²) in [5, 5.41) is 14.1. The standard InChI is InChI=1S/C16H19Cl2N3O2/c1-9-20-13-6-11(17)12(18)7-15(13)21(9)8-10(22)5-14-16(23)3-2-4-19-14/h6-7,14,16,19,23H,2-5,8H2,1H3/t14-,16+/m1/s1. The smallest absolute Gasteiger partial charge is 0.154 e. The molecule has 1 fully saturated rings. The number of imidazole rings is 1. The Labute approximate surface area is 144 Å². The fourth-order valence-corrected chi connectivity index (χ4v) is 3.39. The van der Waals surface area contributed by atoms with Gasteiger partial charge in [-0.1, -0.05) is 23.2 Å². The van der Waals surface area contributed by atoms with E-state index in [2.05, 4.69) is 10.3 Å². The summed E-state index contributed by atoms with van der Waals surface area (Å²) in [7, 11) is 0. The molecule has 2 heterocycles. The van der Waals surface area contributed by atoms with Crippen LogP contribution in [-0.4, -0.2) is 39.1 Å². The molecule has 0 unspecified atom stereocenters. The molecule has 3 rings (SSSR count). The highest BCUT2D eigenvalue weighted by molar-refractivity contribution is 6.42. The maximum atomic E-state index is 12.4. The Morgan fingerprint density at radius 3 is 2.91 bits per heavy atom. The highest BCUT2D eigenvalue weighted by atomic mass is 35.5. The quantitative estimate of drug-likeness (QED) is 0.884. The number of fused-ring (bicyclic) bond motifs is 1. The van der Waals surface area contributed by atoms with E-state index in [1.165, 1.54) is 0 Å². The molecule has 0 spiro atoms. The molecule has 5 nitrogen and oxygen atoms in total. The zero-order chi connectivity index (χ0) is 16.6. The number of carbonyl (C=O) groups excluding carboxylic acids is 1. The molecule has 0 aliphatic carbocycles. The molecule has 0 amide bonds. The number of hydrogen-bond acceptors (Lipinski definition) is 4. The number of carbonyl (C=O) groups is 1. The molecular formula is C16H19Cl2N3O2. The van der Waals surface area contributed by atoms with Crippen molar-refractivity contribution in [2.75, 3.05) is 6.54 Å². The van der Waals surface area contributed by atoms with Crippen molar-refractivity contribution in [3.05, 3.63) is 28.0 Å². The monoisotopic (exact) mass is 355 g/mol. The number of aliphatic hydroxyl groups is 1. The minimum atomic E-state index is -0.457. The maximum Gasteiger partial charge on any atom is 0.154 e. The minimum absolute atomic E-state index is 0.0527. The summed E-state index contributed by atoms with van der Waals surface area (Å²) in [4.78, 5) is 16.8. The number of ketones is 1. The van der Waals surface area contributed by atoms with Gasteiger partial charge in [-0.05, 0) is 38.4 Å². The van der Waals surface area contributed by atoms with Gasteiger partial charge in [0.2, 0.25) is 0 Å². The van der Waals surface area contributed by atoms with Gasteiger partial charge in [-0.25, -0.2) is 4.98 Å². The van der Waals surface area contributed by atoms with Crippen molar-refractivity contribution >= 4 is 40.0 Å². The number of piperidine rings is 1. The van der Waals surface area contributed by atoms with Crippen molar-refractivity contribution in [2.24, 2.45) is 0 Å². The third-order valence-corrected chi connectivity index (χ3v) is 5.03. The summed E-state index contributed by atoms with van der Waals surface area (Å²) < 4.78 is 1.84. The van der Waals surface area contributed by atoms with Gasteiger partial charge in [0, 0.05) is 12.5 Å². The van der Waals surface area contributed by atoms with Crippen LogP contribution in [0.3, 0.4) is 0 Å². The first-order valence-corrected chi connectivity index (χ1v) is 8.46. The lowest BCUT2D eigenvalue weighted by molar-refractivity contribution is -0.121. The lowest BCUT2D eigenvalue weighted by Crippen LogP contribution is -2.46. The Balaban J connectivity index is 1.79.